The average molecular weight is 314 g/mol. The topological polar surface area (TPSA) is 36.4 Å². The molecule has 2 aliphatic rings. The van der Waals surface area contributed by atoms with Gasteiger partial charge in [-0.15, -0.1) is 0 Å². The van der Waals surface area contributed by atoms with Gasteiger partial charge in [0, 0.05) is 30.0 Å². The van der Waals surface area contributed by atoms with Crippen LogP contribution in [0.5, 0.6) is 0 Å². The molecule has 2 atom stereocenters. The zero-order valence-electron chi connectivity index (χ0n) is 13.6. The fraction of sp³-hybridized carbons (Fsp3) is 0.526. The molecule has 0 bridgehead atoms. The number of hydrogen-bond acceptors (Lipinski definition) is 3. The van der Waals surface area contributed by atoms with Gasteiger partial charge in [-0.25, -0.2) is 9.37 Å². The highest BCUT2D eigenvalue weighted by Gasteiger charge is 2.44. The maximum absolute atomic E-state index is 13.5. The monoisotopic (exact) mass is 314 g/mol. The molecule has 1 saturated carbocycles. The molecule has 1 aliphatic carbocycles. The van der Waals surface area contributed by atoms with Crippen molar-refractivity contribution in [3.8, 4) is 0 Å². The van der Waals surface area contributed by atoms with E-state index in [1.807, 2.05) is 0 Å². The standard InChI is InChI=1S/C19H23FN2O/c1-13-10-18(21-16-11-14(20)5-6-15(13)16)22-9-3-8-19(12-22)7-2-4-17(19)23/h5-6,10-11,17,23H,2-4,7-9,12H2,1H3/t17-,19-/m1/s1. The number of piperidine rings is 1. The van der Waals surface area contributed by atoms with Gasteiger partial charge in [0.15, 0.2) is 0 Å². The van der Waals surface area contributed by atoms with Gasteiger partial charge in [-0.1, -0.05) is 6.42 Å². The molecule has 0 amide bonds. The van der Waals surface area contributed by atoms with Gasteiger partial charge in [-0.3, -0.25) is 0 Å². The van der Waals surface area contributed by atoms with Gasteiger partial charge in [-0.05, 0) is 56.4 Å². The Morgan fingerprint density at radius 2 is 2.09 bits per heavy atom. The highest BCUT2D eigenvalue weighted by molar-refractivity contribution is 5.84. The number of nitrogens with zero attached hydrogens (tertiary/aromatic N) is 2. The molecule has 4 rings (SSSR count). The number of aryl methyl sites for hydroxylation is 1. The van der Waals surface area contributed by atoms with Crippen molar-refractivity contribution in [1.29, 1.82) is 0 Å². The molecule has 2 heterocycles. The lowest BCUT2D eigenvalue weighted by molar-refractivity contribution is 0.0408. The quantitative estimate of drug-likeness (QED) is 0.869. The molecule has 1 aromatic carbocycles. The molecule has 1 aromatic heterocycles. The Kier molecular flexibility index (Phi) is 3.52. The van der Waals surface area contributed by atoms with Gasteiger partial charge >= 0.3 is 0 Å². The van der Waals surface area contributed by atoms with E-state index in [9.17, 15) is 9.50 Å². The Morgan fingerprint density at radius 3 is 2.87 bits per heavy atom. The van der Waals surface area contributed by atoms with Crippen molar-refractivity contribution in [2.45, 2.75) is 45.1 Å². The van der Waals surface area contributed by atoms with E-state index in [1.54, 1.807) is 6.07 Å². The maximum Gasteiger partial charge on any atom is 0.129 e. The Hall–Kier alpha value is -1.68. The lowest BCUT2D eigenvalue weighted by Gasteiger charge is -2.43. The minimum Gasteiger partial charge on any atom is -0.392 e. The number of benzene rings is 1. The number of rotatable bonds is 1. The molecule has 3 nitrogen and oxygen atoms in total. The van der Waals surface area contributed by atoms with Crippen LogP contribution in [0.2, 0.25) is 0 Å². The maximum atomic E-state index is 13.5. The summed E-state index contributed by atoms with van der Waals surface area (Å²) in [7, 11) is 0. The highest BCUT2D eigenvalue weighted by atomic mass is 19.1. The molecule has 2 aromatic rings. The number of aliphatic hydroxyl groups excluding tert-OH is 1. The summed E-state index contributed by atoms with van der Waals surface area (Å²) in [5.74, 6) is 0.668. The Morgan fingerprint density at radius 1 is 1.26 bits per heavy atom. The van der Waals surface area contributed by atoms with E-state index in [-0.39, 0.29) is 17.3 Å². The average Bonchev–Trinajstić information content (AvgIpc) is 2.87. The van der Waals surface area contributed by atoms with Crippen molar-refractivity contribution in [2.75, 3.05) is 18.0 Å². The molecule has 4 heteroatoms. The summed E-state index contributed by atoms with van der Waals surface area (Å²) in [6.07, 6.45) is 5.13. The fourth-order valence-corrected chi connectivity index (χ4v) is 4.47. The second-order valence-electron chi connectivity index (χ2n) is 7.25. The number of pyridine rings is 1. The van der Waals surface area contributed by atoms with Gasteiger partial charge in [0.1, 0.15) is 11.6 Å². The SMILES string of the molecule is Cc1cc(N2CCC[C@]3(CCC[C@H]3O)C2)nc2cc(F)ccc12. The van der Waals surface area contributed by atoms with Gasteiger partial charge in [-0.2, -0.15) is 0 Å². The van der Waals surface area contributed by atoms with Crippen molar-refractivity contribution < 1.29 is 9.50 Å². The molecular weight excluding hydrogens is 291 g/mol. The molecular formula is C19H23FN2O. The summed E-state index contributed by atoms with van der Waals surface area (Å²) in [4.78, 5) is 6.99. The molecule has 122 valence electrons. The van der Waals surface area contributed by atoms with Crippen LogP contribution in [0.3, 0.4) is 0 Å². The third-order valence-corrected chi connectivity index (χ3v) is 5.76. The van der Waals surface area contributed by atoms with Crippen molar-refractivity contribution >= 4 is 16.7 Å². The second-order valence-corrected chi connectivity index (χ2v) is 7.25. The highest BCUT2D eigenvalue weighted by Crippen LogP contribution is 2.45. The Bertz CT molecular complexity index is 747. The summed E-state index contributed by atoms with van der Waals surface area (Å²) in [6, 6.07) is 6.90. The van der Waals surface area contributed by atoms with Gasteiger partial charge in [0.05, 0.1) is 11.6 Å². The predicted molar refractivity (Wildman–Crippen MR) is 90.2 cm³/mol. The summed E-state index contributed by atoms with van der Waals surface area (Å²) >= 11 is 0. The summed E-state index contributed by atoms with van der Waals surface area (Å²) in [5.41, 5.74) is 1.87. The smallest absolute Gasteiger partial charge is 0.129 e. The first-order valence-corrected chi connectivity index (χ1v) is 8.57. The van der Waals surface area contributed by atoms with E-state index in [2.05, 4.69) is 17.9 Å². The van der Waals surface area contributed by atoms with Crippen LogP contribution >= 0.6 is 0 Å². The van der Waals surface area contributed by atoms with Crippen molar-refractivity contribution in [1.82, 2.24) is 4.98 Å². The number of hydrogen-bond donors (Lipinski definition) is 1. The number of halogens is 1. The van der Waals surface area contributed by atoms with Gasteiger partial charge < -0.3 is 10.0 Å². The lowest BCUT2D eigenvalue weighted by Crippen LogP contribution is -2.47. The molecule has 1 spiro atoms. The number of fused-ring (bicyclic) bond motifs is 1. The van der Waals surface area contributed by atoms with Crippen LogP contribution < -0.4 is 4.90 Å². The third-order valence-electron chi connectivity index (χ3n) is 5.76. The molecule has 0 radical (unpaired) electrons. The summed E-state index contributed by atoms with van der Waals surface area (Å²) in [5, 5.41) is 11.4. The van der Waals surface area contributed by atoms with E-state index in [0.29, 0.717) is 5.52 Å². The number of anilines is 1. The van der Waals surface area contributed by atoms with Crippen LogP contribution in [0, 0.1) is 18.2 Å². The Labute approximate surface area is 136 Å². The predicted octanol–water partition coefficient (Wildman–Crippen LogP) is 3.81. The third kappa shape index (κ3) is 2.49. The van der Waals surface area contributed by atoms with Gasteiger partial charge in [0.25, 0.3) is 0 Å². The van der Waals surface area contributed by atoms with Crippen LogP contribution in [-0.4, -0.2) is 29.3 Å². The van der Waals surface area contributed by atoms with Gasteiger partial charge in [0.2, 0.25) is 0 Å². The molecule has 1 N–H and O–H groups in total. The molecule has 1 saturated heterocycles. The zero-order chi connectivity index (χ0) is 16.0. The molecule has 1 aliphatic heterocycles. The van der Waals surface area contributed by atoms with Crippen LogP contribution in [0.1, 0.15) is 37.7 Å². The summed E-state index contributed by atoms with van der Waals surface area (Å²) in [6.45, 7) is 3.87. The van der Waals surface area contributed by atoms with E-state index in [1.165, 1.54) is 12.1 Å². The van der Waals surface area contributed by atoms with E-state index in [4.69, 9.17) is 4.98 Å². The van der Waals surface area contributed by atoms with Crippen molar-refractivity contribution in [3.63, 3.8) is 0 Å². The lowest BCUT2D eigenvalue weighted by atomic mass is 9.76. The first-order valence-electron chi connectivity index (χ1n) is 8.57. The normalized spacial score (nSPS) is 28.0. The van der Waals surface area contributed by atoms with Crippen LogP contribution in [0.15, 0.2) is 24.3 Å². The summed E-state index contributed by atoms with van der Waals surface area (Å²) < 4.78 is 13.5. The fourth-order valence-electron chi connectivity index (χ4n) is 4.47. The second kappa shape index (κ2) is 5.45. The van der Waals surface area contributed by atoms with E-state index in [0.717, 1.165) is 62.0 Å². The van der Waals surface area contributed by atoms with E-state index < -0.39 is 0 Å². The zero-order valence-corrected chi connectivity index (χ0v) is 13.6. The number of aliphatic hydroxyl groups is 1. The minimum atomic E-state index is -0.247. The minimum absolute atomic E-state index is 0.0325. The first kappa shape index (κ1) is 14.9. The molecule has 0 unspecified atom stereocenters. The van der Waals surface area contributed by atoms with Crippen LogP contribution in [0.4, 0.5) is 10.2 Å². The Balaban J connectivity index is 1.71. The molecule has 23 heavy (non-hydrogen) atoms. The largest absolute Gasteiger partial charge is 0.392 e. The van der Waals surface area contributed by atoms with Crippen LogP contribution in [-0.2, 0) is 0 Å². The van der Waals surface area contributed by atoms with Crippen LogP contribution in [0.25, 0.3) is 10.9 Å². The van der Waals surface area contributed by atoms with Crippen molar-refractivity contribution in [3.05, 3.63) is 35.6 Å². The van der Waals surface area contributed by atoms with Crippen molar-refractivity contribution in [2.24, 2.45) is 5.41 Å². The molecule has 2 fully saturated rings. The van der Waals surface area contributed by atoms with E-state index >= 15 is 0 Å². The number of aromatic nitrogens is 1. The first-order chi connectivity index (χ1) is 11.1.